The predicted octanol–water partition coefficient (Wildman–Crippen LogP) is 6.12. The van der Waals surface area contributed by atoms with Crippen LogP contribution in [0.15, 0.2) is 91.0 Å². The molecular formula is C25H22F3NO. The van der Waals surface area contributed by atoms with E-state index in [2.05, 4.69) is 30.3 Å². The van der Waals surface area contributed by atoms with E-state index in [1.807, 2.05) is 41.7 Å². The van der Waals surface area contributed by atoms with Crippen LogP contribution in [-0.4, -0.2) is 12.1 Å². The van der Waals surface area contributed by atoms with Crippen molar-refractivity contribution in [3.05, 3.63) is 113 Å². The van der Waals surface area contributed by atoms with Gasteiger partial charge in [-0.3, -0.25) is 4.79 Å². The molecule has 0 aliphatic carbocycles. The van der Waals surface area contributed by atoms with Gasteiger partial charge in [-0.05, 0) is 53.6 Å². The van der Waals surface area contributed by atoms with Gasteiger partial charge in [-0.1, -0.05) is 78.9 Å². The standard InChI is InChI=1S/C25H22F3NO/c26-25(27,28)24(30)29-23-16-14-19(15-17-23)8-4-5-11-21-12-6-7-13-22(21)18-20-9-2-1-3-10-20/h1-7,9-10,12-17H,8,11,18H2,(H,29,30). The minimum absolute atomic E-state index is 0.125. The highest BCUT2D eigenvalue weighted by molar-refractivity contribution is 5.94. The Kier molecular flexibility index (Phi) is 7.07. The molecule has 0 saturated heterocycles. The smallest absolute Gasteiger partial charge is 0.318 e. The Morgan fingerprint density at radius 3 is 2.00 bits per heavy atom. The second kappa shape index (κ2) is 9.92. The molecule has 0 aromatic heterocycles. The van der Waals surface area contributed by atoms with Gasteiger partial charge in [-0.15, -0.1) is 0 Å². The van der Waals surface area contributed by atoms with Crippen LogP contribution in [0, 0.1) is 0 Å². The second-order valence-electron chi connectivity index (χ2n) is 6.96. The zero-order valence-corrected chi connectivity index (χ0v) is 16.3. The van der Waals surface area contributed by atoms with Gasteiger partial charge in [0.25, 0.3) is 0 Å². The molecule has 3 rings (SSSR count). The average Bonchev–Trinajstić information content (AvgIpc) is 2.73. The molecule has 0 fully saturated rings. The fourth-order valence-corrected chi connectivity index (χ4v) is 3.10. The number of carbonyl (C=O) groups is 1. The maximum absolute atomic E-state index is 12.3. The van der Waals surface area contributed by atoms with Gasteiger partial charge in [0.15, 0.2) is 0 Å². The van der Waals surface area contributed by atoms with E-state index in [4.69, 9.17) is 0 Å². The van der Waals surface area contributed by atoms with E-state index in [1.165, 1.54) is 28.8 Å². The zero-order valence-electron chi connectivity index (χ0n) is 16.3. The monoisotopic (exact) mass is 409 g/mol. The number of halogens is 3. The van der Waals surface area contributed by atoms with Crippen LogP contribution >= 0.6 is 0 Å². The fraction of sp³-hybridized carbons (Fsp3) is 0.160. The number of nitrogens with one attached hydrogen (secondary N) is 1. The van der Waals surface area contributed by atoms with Gasteiger partial charge >= 0.3 is 12.1 Å². The van der Waals surface area contributed by atoms with Gasteiger partial charge in [0, 0.05) is 5.69 Å². The normalized spacial score (nSPS) is 11.6. The first-order chi connectivity index (χ1) is 14.4. The first-order valence-electron chi connectivity index (χ1n) is 9.64. The largest absolute Gasteiger partial charge is 0.471 e. The molecule has 0 saturated carbocycles. The molecule has 0 spiro atoms. The van der Waals surface area contributed by atoms with E-state index in [0.29, 0.717) is 6.42 Å². The summed E-state index contributed by atoms with van der Waals surface area (Å²) < 4.78 is 36.9. The van der Waals surface area contributed by atoms with Gasteiger partial charge in [-0.2, -0.15) is 13.2 Å². The summed E-state index contributed by atoms with van der Waals surface area (Å²) in [5, 5.41) is 1.84. The maximum Gasteiger partial charge on any atom is 0.471 e. The topological polar surface area (TPSA) is 29.1 Å². The van der Waals surface area contributed by atoms with Crippen LogP contribution in [-0.2, 0) is 24.1 Å². The molecule has 3 aromatic carbocycles. The lowest BCUT2D eigenvalue weighted by atomic mass is 9.97. The molecule has 154 valence electrons. The first kappa shape index (κ1) is 21.4. The molecular weight excluding hydrogens is 387 g/mol. The quantitative estimate of drug-likeness (QED) is 0.468. The SMILES string of the molecule is O=C(Nc1ccc(CC=CCc2ccccc2Cc2ccccc2)cc1)C(F)(F)F. The Hall–Kier alpha value is -3.34. The molecule has 5 heteroatoms. The van der Waals surface area contributed by atoms with Crippen molar-refractivity contribution in [2.45, 2.75) is 25.4 Å². The molecule has 30 heavy (non-hydrogen) atoms. The molecule has 2 nitrogen and oxygen atoms in total. The van der Waals surface area contributed by atoms with Crippen LogP contribution in [0.1, 0.15) is 22.3 Å². The van der Waals surface area contributed by atoms with Crippen molar-refractivity contribution in [1.82, 2.24) is 0 Å². The van der Waals surface area contributed by atoms with E-state index in [-0.39, 0.29) is 5.69 Å². The average molecular weight is 409 g/mol. The Balaban J connectivity index is 1.55. The number of hydrogen-bond acceptors (Lipinski definition) is 1. The van der Waals surface area contributed by atoms with Crippen molar-refractivity contribution in [2.75, 3.05) is 5.32 Å². The van der Waals surface area contributed by atoms with Gasteiger partial charge in [0.2, 0.25) is 0 Å². The third-order valence-corrected chi connectivity index (χ3v) is 4.68. The number of allylic oxidation sites excluding steroid dienone is 2. The van der Waals surface area contributed by atoms with Gasteiger partial charge in [0.05, 0.1) is 0 Å². The van der Waals surface area contributed by atoms with Crippen molar-refractivity contribution in [3.8, 4) is 0 Å². The molecule has 0 aliphatic heterocycles. The number of carbonyl (C=O) groups excluding carboxylic acids is 1. The minimum atomic E-state index is -4.89. The van der Waals surface area contributed by atoms with Crippen LogP contribution in [0.4, 0.5) is 18.9 Å². The van der Waals surface area contributed by atoms with E-state index in [1.54, 1.807) is 12.1 Å². The lowest BCUT2D eigenvalue weighted by Gasteiger charge is -2.08. The van der Waals surface area contributed by atoms with E-state index in [9.17, 15) is 18.0 Å². The Labute approximate surface area is 174 Å². The van der Waals surface area contributed by atoms with Crippen molar-refractivity contribution in [2.24, 2.45) is 0 Å². The van der Waals surface area contributed by atoms with E-state index >= 15 is 0 Å². The van der Waals surface area contributed by atoms with Crippen LogP contribution in [0.2, 0.25) is 0 Å². The fourth-order valence-electron chi connectivity index (χ4n) is 3.10. The number of amides is 1. The van der Waals surface area contributed by atoms with Gasteiger partial charge in [0.1, 0.15) is 0 Å². The van der Waals surface area contributed by atoms with Crippen LogP contribution in [0.3, 0.4) is 0 Å². The lowest BCUT2D eigenvalue weighted by Crippen LogP contribution is -2.29. The molecule has 3 aromatic rings. The van der Waals surface area contributed by atoms with E-state index in [0.717, 1.165) is 18.4 Å². The van der Waals surface area contributed by atoms with Gasteiger partial charge < -0.3 is 5.32 Å². The minimum Gasteiger partial charge on any atom is -0.318 e. The summed E-state index contributed by atoms with van der Waals surface area (Å²) in [4.78, 5) is 11.0. The Bertz CT molecular complexity index is 993. The predicted molar refractivity (Wildman–Crippen MR) is 113 cm³/mol. The van der Waals surface area contributed by atoms with Crippen molar-refractivity contribution in [3.63, 3.8) is 0 Å². The Morgan fingerprint density at radius 2 is 1.33 bits per heavy atom. The molecule has 0 heterocycles. The van der Waals surface area contributed by atoms with Crippen molar-refractivity contribution >= 4 is 11.6 Å². The zero-order chi connectivity index (χ0) is 21.4. The molecule has 0 radical (unpaired) electrons. The Morgan fingerprint density at radius 1 is 0.733 bits per heavy atom. The molecule has 1 amide bonds. The third kappa shape index (κ3) is 6.34. The summed E-state index contributed by atoms with van der Waals surface area (Å²) in [6.07, 6.45) is 1.61. The maximum atomic E-state index is 12.3. The van der Waals surface area contributed by atoms with Crippen molar-refractivity contribution in [1.29, 1.82) is 0 Å². The van der Waals surface area contributed by atoms with Crippen LogP contribution in [0.25, 0.3) is 0 Å². The highest BCUT2D eigenvalue weighted by Crippen LogP contribution is 2.19. The lowest BCUT2D eigenvalue weighted by molar-refractivity contribution is -0.167. The first-order valence-corrected chi connectivity index (χ1v) is 9.64. The van der Waals surface area contributed by atoms with Crippen LogP contribution in [0.5, 0.6) is 0 Å². The summed E-state index contributed by atoms with van der Waals surface area (Å²) >= 11 is 0. The molecule has 0 atom stereocenters. The summed E-state index contributed by atoms with van der Waals surface area (Å²) in [6, 6.07) is 25.0. The number of hydrogen-bond donors (Lipinski definition) is 1. The number of benzene rings is 3. The number of rotatable bonds is 7. The summed E-state index contributed by atoms with van der Waals surface area (Å²) in [7, 11) is 0. The highest BCUT2D eigenvalue weighted by atomic mass is 19.4. The number of alkyl halides is 3. The van der Waals surface area contributed by atoms with E-state index < -0.39 is 12.1 Å². The van der Waals surface area contributed by atoms with Crippen molar-refractivity contribution < 1.29 is 18.0 Å². The van der Waals surface area contributed by atoms with Gasteiger partial charge in [-0.25, -0.2) is 0 Å². The second-order valence-corrected chi connectivity index (χ2v) is 6.96. The molecule has 0 aliphatic rings. The summed E-state index contributed by atoms with van der Waals surface area (Å²) in [6.45, 7) is 0. The molecule has 1 N–H and O–H groups in total. The third-order valence-electron chi connectivity index (χ3n) is 4.68. The summed E-state index contributed by atoms with van der Waals surface area (Å²) in [5.74, 6) is -1.97. The molecule has 0 bridgehead atoms. The highest BCUT2D eigenvalue weighted by Gasteiger charge is 2.38. The summed E-state index contributed by atoms with van der Waals surface area (Å²) in [5.41, 5.74) is 4.90. The van der Waals surface area contributed by atoms with Crippen LogP contribution < -0.4 is 5.32 Å². The molecule has 0 unspecified atom stereocenters. The number of anilines is 1.